The molecule has 0 fully saturated rings. The van der Waals surface area contributed by atoms with Gasteiger partial charge in [0, 0.05) is 16.5 Å². The molecule has 1 aromatic heterocycles. The van der Waals surface area contributed by atoms with Crippen molar-refractivity contribution >= 4 is 32.6 Å². The zero-order valence-corrected chi connectivity index (χ0v) is 29.5. The molecule has 1 heteroatoms. The van der Waals surface area contributed by atoms with E-state index in [0.717, 1.165) is 0 Å². The maximum absolute atomic E-state index is 2.48. The predicted octanol–water partition coefficient (Wildman–Crippen LogP) is 13.6. The number of rotatable bonds is 3. The Balaban J connectivity index is 1.11. The van der Waals surface area contributed by atoms with Crippen LogP contribution in [0.4, 0.5) is 0 Å². The van der Waals surface area contributed by atoms with E-state index in [2.05, 4.69) is 205 Å². The zero-order valence-electron chi connectivity index (χ0n) is 29.5. The van der Waals surface area contributed by atoms with E-state index in [9.17, 15) is 0 Å². The van der Waals surface area contributed by atoms with Crippen LogP contribution in [0.2, 0.25) is 0 Å². The van der Waals surface area contributed by atoms with Gasteiger partial charge >= 0.3 is 0 Å². The molecule has 0 unspecified atom stereocenters. The Labute approximate surface area is 314 Å². The summed E-state index contributed by atoms with van der Waals surface area (Å²) in [6.07, 6.45) is 0. The highest BCUT2D eigenvalue weighted by Crippen LogP contribution is 2.64. The minimum atomic E-state index is -0.431. The topological polar surface area (TPSA) is 4.93 Å². The third-order valence-corrected chi connectivity index (χ3v) is 12.2. The minimum absolute atomic E-state index is 0.431. The molecule has 250 valence electrons. The van der Waals surface area contributed by atoms with Crippen LogP contribution in [0.15, 0.2) is 200 Å². The number of benzene rings is 9. The molecule has 9 aromatic carbocycles. The van der Waals surface area contributed by atoms with E-state index < -0.39 is 5.41 Å². The smallest absolute Gasteiger partial charge is 0.0731 e. The van der Waals surface area contributed by atoms with Crippen LogP contribution >= 0.6 is 0 Å². The van der Waals surface area contributed by atoms with E-state index >= 15 is 0 Å². The number of para-hydroxylation sites is 2. The molecular weight excluding hydrogens is 651 g/mol. The second kappa shape index (κ2) is 11.0. The van der Waals surface area contributed by atoms with Crippen LogP contribution in [0.5, 0.6) is 0 Å². The van der Waals surface area contributed by atoms with E-state index in [1.807, 2.05) is 0 Å². The molecule has 0 radical (unpaired) electrons. The van der Waals surface area contributed by atoms with Gasteiger partial charge in [-0.3, -0.25) is 0 Å². The lowest BCUT2D eigenvalue weighted by Crippen LogP contribution is -2.26. The molecule has 0 atom stereocenters. The Bertz CT molecular complexity index is 3100. The van der Waals surface area contributed by atoms with Gasteiger partial charge in [0.15, 0.2) is 0 Å². The van der Waals surface area contributed by atoms with Crippen LogP contribution in [0.3, 0.4) is 0 Å². The quantitative estimate of drug-likeness (QED) is 0.175. The third-order valence-electron chi connectivity index (χ3n) is 12.2. The molecule has 0 saturated heterocycles. The molecular formula is C53H33N. The van der Waals surface area contributed by atoms with Gasteiger partial charge < -0.3 is 4.57 Å². The third kappa shape index (κ3) is 3.88. The van der Waals surface area contributed by atoms with E-state index in [1.54, 1.807) is 0 Å². The van der Waals surface area contributed by atoms with Crippen LogP contribution in [-0.4, -0.2) is 4.57 Å². The van der Waals surface area contributed by atoms with Crippen molar-refractivity contribution in [2.24, 2.45) is 0 Å². The first kappa shape index (κ1) is 29.6. The SMILES string of the molecule is c1ccc(-c2ccc3c(c2)C2(c4ccccc4-c4ccccc42)c2c-3ccc3cc(-c4ccc5c6ccccc6n(-c6ccccc6)c5c4)ccc23)cc1. The number of hydrogen-bond donors (Lipinski definition) is 0. The summed E-state index contributed by atoms with van der Waals surface area (Å²) in [6.45, 7) is 0. The van der Waals surface area contributed by atoms with Crippen molar-refractivity contribution in [1.82, 2.24) is 4.57 Å². The van der Waals surface area contributed by atoms with E-state index in [4.69, 9.17) is 0 Å². The highest BCUT2D eigenvalue weighted by Gasteiger charge is 2.52. The van der Waals surface area contributed by atoms with Crippen molar-refractivity contribution in [3.05, 3.63) is 222 Å². The second-order valence-corrected chi connectivity index (χ2v) is 14.8. The summed E-state index contributed by atoms with van der Waals surface area (Å²) in [6, 6.07) is 74.5. The lowest BCUT2D eigenvalue weighted by molar-refractivity contribution is 0.801. The monoisotopic (exact) mass is 683 g/mol. The first-order valence-electron chi connectivity index (χ1n) is 18.8. The van der Waals surface area contributed by atoms with Crippen molar-refractivity contribution in [2.75, 3.05) is 0 Å². The fourth-order valence-electron chi connectivity index (χ4n) is 9.97. The lowest BCUT2D eigenvalue weighted by atomic mass is 9.69. The van der Waals surface area contributed by atoms with Crippen molar-refractivity contribution in [2.45, 2.75) is 5.41 Å². The predicted molar refractivity (Wildman–Crippen MR) is 225 cm³/mol. The highest BCUT2D eigenvalue weighted by molar-refractivity contribution is 6.11. The molecule has 1 nitrogen and oxygen atoms in total. The van der Waals surface area contributed by atoms with Gasteiger partial charge in [-0.15, -0.1) is 0 Å². The summed E-state index contributed by atoms with van der Waals surface area (Å²) in [5.74, 6) is 0. The standard InChI is InChI=1S/C53H33N/c1-3-13-34(14-4-1)36-24-28-43-46-30-26-38-31-35(37-25-29-45-44-19-9-12-22-50(44)54(51(45)33-37)39-15-5-2-6-16-39)23-27-40(38)52(46)53(49(43)32-36)47-20-10-7-17-41(47)42-18-8-11-21-48(42)53/h1-33H. The normalized spacial score (nSPS) is 13.3. The van der Waals surface area contributed by atoms with Crippen LogP contribution in [-0.2, 0) is 5.41 Å². The largest absolute Gasteiger partial charge is 0.309 e. The van der Waals surface area contributed by atoms with Gasteiger partial charge in [0.25, 0.3) is 0 Å². The molecule has 0 saturated carbocycles. The molecule has 0 amide bonds. The van der Waals surface area contributed by atoms with Crippen molar-refractivity contribution in [3.8, 4) is 50.2 Å². The molecule has 0 aliphatic heterocycles. The Kier molecular flexibility index (Phi) is 6.04. The minimum Gasteiger partial charge on any atom is -0.309 e. The fraction of sp³-hybridized carbons (Fsp3) is 0.0189. The van der Waals surface area contributed by atoms with Crippen LogP contribution in [0.1, 0.15) is 22.3 Å². The van der Waals surface area contributed by atoms with Crippen LogP contribution in [0, 0.1) is 0 Å². The Morgan fingerprint density at radius 1 is 0.315 bits per heavy atom. The lowest BCUT2D eigenvalue weighted by Gasteiger charge is -2.31. The van der Waals surface area contributed by atoms with Gasteiger partial charge in [-0.05, 0) is 114 Å². The molecule has 1 heterocycles. The summed E-state index contributed by atoms with van der Waals surface area (Å²) in [7, 11) is 0. The summed E-state index contributed by atoms with van der Waals surface area (Å²) >= 11 is 0. The summed E-state index contributed by atoms with van der Waals surface area (Å²) < 4.78 is 2.40. The molecule has 2 aliphatic carbocycles. The van der Waals surface area contributed by atoms with E-state index in [1.165, 1.54) is 105 Å². The van der Waals surface area contributed by atoms with Gasteiger partial charge in [0.2, 0.25) is 0 Å². The maximum atomic E-state index is 2.48. The first-order chi connectivity index (χ1) is 26.8. The van der Waals surface area contributed by atoms with Gasteiger partial charge in [-0.1, -0.05) is 164 Å². The van der Waals surface area contributed by atoms with Gasteiger partial charge in [-0.25, -0.2) is 0 Å². The average molecular weight is 684 g/mol. The molecule has 54 heavy (non-hydrogen) atoms. The molecule has 10 aromatic rings. The number of aromatic nitrogens is 1. The number of nitrogens with zero attached hydrogens (tertiary/aromatic N) is 1. The van der Waals surface area contributed by atoms with Gasteiger partial charge in [0.05, 0.1) is 16.4 Å². The van der Waals surface area contributed by atoms with E-state index in [0.29, 0.717) is 0 Å². The molecule has 12 rings (SSSR count). The van der Waals surface area contributed by atoms with E-state index in [-0.39, 0.29) is 0 Å². The van der Waals surface area contributed by atoms with Crippen LogP contribution in [0.25, 0.3) is 82.8 Å². The van der Waals surface area contributed by atoms with Gasteiger partial charge in [0.1, 0.15) is 0 Å². The zero-order chi connectivity index (χ0) is 35.4. The highest BCUT2D eigenvalue weighted by atomic mass is 15.0. The molecule has 2 aliphatic rings. The van der Waals surface area contributed by atoms with Crippen LogP contribution < -0.4 is 0 Å². The Hall–Kier alpha value is -6.96. The van der Waals surface area contributed by atoms with Crippen molar-refractivity contribution < 1.29 is 0 Å². The Morgan fingerprint density at radius 3 is 1.65 bits per heavy atom. The maximum Gasteiger partial charge on any atom is 0.0731 e. The Morgan fingerprint density at radius 2 is 0.870 bits per heavy atom. The average Bonchev–Trinajstić information content (AvgIpc) is 3.85. The van der Waals surface area contributed by atoms with Crippen molar-refractivity contribution in [1.29, 1.82) is 0 Å². The summed E-state index contributed by atoms with van der Waals surface area (Å²) in [5, 5.41) is 5.10. The fourth-order valence-corrected chi connectivity index (χ4v) is 9.97. The number of hydrogen-bond acceptors (Lipinski definition) is 0. The summed E-state index contributed by atoms with van der Waals surface area (Å²) in [5.41, 5.74) is 18.9. The second-order valence-electron chi connectivity index (χ2n) is 14.8. The molecule has 1 spiro atoms. The number of fused-ring (bicyclic) bond motifs is 15. The first-order valence-corrected chi connectivity index (χ1v) is 18.8. The summed E-state index contributed by atoms with van der Waals surface area (Å²) in [4.78, 5) is 0. The van der Waals surface area contributed by atoms with Crippen molar-refractivity contribution in [3.63, 3.8) is 0 Å². The molecule has 0 bridgehead atoms. The van der Waals surface area contributed by atoms with Gasteiger partial charge in [-0.2, -0.15) is 0 Å². The molecule has 0 N–H and O–H groups in total.